The Morgan fingerprint density at radius 1 is 1.10 bits per heavy atom. The minimum absolute atomic E-state index is 0.0495. The van der Waals surface area contributed by atoms with E-state index in [4.69, 9.17) is 0 Å². The molecule has 170 valence electrons. The van der Waals surface area contributed by atoms with Gasteiger partial charge in [-0.2, -0.15) is 13.2 Å². The second-order valence-corrected chi connectivity index (χ2v) is 10.3. The molecule has 0 spiro atoms. The molecule has 4 aliphatic rings. The third kappa shape index (κ3) is 3.54. The minimum Gasteiger partial charge on any atom is -0.504 e. The van der Waals surface area contributed by atoms with Crippen molar-refractivity contribution in [3.05, 3.63) is 22.5 Å². The van der Waals surface area contributed by atoms with Crippen molar-refractivity contribution in [3.63, 3.8) is 0 Å². The van der Waals surface area contributed by atoms with Crippen molar-refractivity contribution < 1.29 is 23.1 Å². The largest absolute Gasteiger partial charge is 0.504 e. The first-order valence-corrected chi connectivity index (χ1v) is 11.7. The van der Waals surface area contributed by atoms with Crippen LogP contribution in [0.3, 0.4) is 0 Å². The topological polar surface area (TPSA) is 37.3 Å². The summed E-state index contributed by atoms with van der Waals surface area (Å²) in [6.07, 6.45) is 3.01. The maximum Gasteiger partial charge on any atom is 0.449 e. The van der Waals surface area contributed by atoms with Crippen molar-refractivity contribution in [2.75, 3.05) is 0 Å². The second-order valence-electron chi connectivity index (χ2n) is 10.3. The van der Waals surface area contributed by atoms with Crippen LogP contribution in [0.2, 0.25) is 0 Å². The third-order valence-corrected chi connectivity index (χ3v) is 9.00. The monoisotopic (exact) mass is 426 g/mol. The molecule has 0 aromatic heterocycles. The first-order valence-electron chi connectivity index (χ1n) is 11.7. The van der Waals surface area contributed by atoms with Crippen LogP contribution in [0.1, 0.15) is 92.4 Å². The SMILES string of the molecule is CC.CC1=C2CC3C(CCC4(C)CC(=O)/C(=C(\O)C(F)(F)F)CC34C)C2CCCC1. The number of Topliss-reactive ketones (excluding diaryl/α,β-unsaturated/α-hetero) is 1. The van der Waals surface area contributed by atoms with Crippen LogP contribution in [-0.4, -0.2) is 17.1 Å². The maximum atomic E-state index is 13.2. The summed E-state index contributed by atoms with van der Waals surface area (Å²) >= 11 is 0. The van der Waals surface area contributed by atoms with Crippen LogP contribution >= 0.6 is 0 Å². The zero-order chi connectivity index (χ0) is 22.5. The fourth-order valence-corrected chi connectivity index (χ4v) is 7.14. The Labute approximate surface area is 179 Å². The first kappa shape index (κ1) is 23.4. The van der Waals surface area contributed by atoms with Gasteiger partial charge in [0.05, 0.1) is 0 Å². The smallest absolute Gasteiger partial charge is 0.449 e. The standard InChI is InChI=1S/C23H31F3O2.C2H6/c1-13-6-4-5-7-14-15-8-9-21(2)12-19(27)17(20(28)23(24,25)26)11-22(21,3)18(15)10-16(13)14;1-2/h14-15,18,28H,4-12H2,1-3H3;1-2H3/b20-17-;. The molecular formula is C25H37F3O2. The van der Waals surface area contributed by atoms with E-state index in [1.165, 1.54) is 24.8 Å². The molecule has 5 heteroatoms. The van der Waals surface area contributed by atoms with Gasteiger partial charge >= 0.3 is 6.18 Å². The van der Waals surface area contributed by atoms with Crippen LogP contribution in [0.25, 0.3) is 0 Å². The minimum atomic E-state index is -4.86. The van der Waals surface area contributed by atoms with E-state index < -0.39 is 23.1 Å². The van der Waals surface area contributed by atoms with Crippen molar-refractivity contribution in [3.8, 4) is 0 Å². The average Bonchev–Trinajstić information content (AvgIpc) is 2.96. The molecule has 0 amide bonds. The molecule has 0 saturated heterocycles. The Hall–Kier alpha value is -1.26. The molecule has 0 radical (unpaired) electrons. The zero-order valence-electron chi connectivity index (χ0n) is 19.1. The van der Waals surface area contributed by atoms with Crippen LogP contribution in [0.4, 0.5) is 13.2 Å². The van der Waals surface area contributed by atoms with E-state index >= 15 is 0 Å². The quantitative estimate of drug-likeness (QED) is 0.245. The molecule has 0 bridgehead atoms. The Kier molecular flexibility index (Phi) is 6.25. The van der Waals surface area contributed by atoms with Crippen LogP contribution < -0.4 is 0 Å². The number of aliphatic hydroxyl groups is 1. The summed E-state index contributed by atoms with van der Waals surface area (Å²) in [5.74, 6) is -0.816. The normalized spacial score (nSPS) is 40.5. The molecule has 3 saturated carbocycles. The van der Waals surface area contributed by atoms with Gasteiger partial charge in [-0.05, 0) is 80.5 Å². The van der Waals surface area contributed by atoms with Gasteiger partial charge in [-0.15, -0.1) is 0 Å². The summed E-state index contributed by atoms with van der Waals surface area (Å²) in [6.45, 7) is 10.4. The van der Waals surface area contributed by atoms with Crippen molar-refractivity contribution in [2.45, 2.75) is 98.6 Å². The summed E-state index contributed by atoms with van der Waals surface area (Å²) in [7, 11) is 0. The Morgan fingerprint density at radius 2 is 1.77 bits per heavy atom. The number of hydrogen-bond donors (Lipinski definition) is 1. The van der Waals surface area contributed by atoms with E-state index in [0.717, 1.165) is 25.7 Å². The van der Waals surface area contributed by atoms with Gasteiger partial charge in [-0.25, -0.2) is 0 Å². The number of ketones is 1. The van der Waals surface area contributed by atoms with Crippen molar-refractivity contribution in [2.24, 2.45) is 28.6 Å². The van der Waals surface area contributed by atoms with Gasteiger partial charge in [-0.1, -0.05) is 45.3 Å². The van der Waals surface area contributed by atoms with E-state index in [9.17, 15) is 23.1 Å². The highest BCUT2D eigenvalue weighted by atomic mass is 19.4. The average molecular weight is 427 g/mol. The predicted molar refractivity (Wildman–Crippen MR) is 113 cm³/mol. The summed E-state index contributed by atoms with van der Waals surface area (Å²) < 4.78 is 39.6. The predicted octanol–water partition coefficient (Wildman–Crippen LogP) is 7.70. The van der Waals surface area contributed by atoms with Gasteiger partial charge in [0.15, 0.2) is 5.78 Å². The van der Waals surface area contributed by atoms with Crippen LogP contribution in [-0.2, 0) is 4.79 Å². The highest BCUT2D eigenvalue weighted by Crippen LogP contribution is 2.69. The lowest BCUT2D eigenvalue weighted by Gasteiger charge is -2.59. The van der Waals surface area contributed by atoms with Crippen molar-refractivity contribution in [1.82, 2.24) is 0 Å². The number of fused-ring (bicyclic) bond motifs is 5. The molecule has 0 aromatic rings. The number of rotatable bonds is 0. The maximum absolute atomic E-state index is 13.2. The Balaban J connectivity index is 0.00000124. The van der Waals surface area contributed by atoms with Crippen LogP contribution in [0, 0.1) is 28.6 Å². The Morgan fingerprint density at radius 3 is 2.40 bits per heavy atom. The number of allylic oxidation sites excluding steroid dienone is 4. The molecule has 4 rings (SSSR count). The van der Waals surface area contributed by atoms with Gasteiger partial charge in [0.25, 0.3) is 0 Å². The highest BCUT2D eigenvalue weighted by Gasteiger charge is 2.62. The van der Waals surface area contributed by atoms with E-state index in [1.54, 1.807) is 5.57 Å². The molecule has 0 aromatic carbocycles. The van der Waals surface area contributed by atoms with Crippen molar-refractivity contribution >= 4 is 5.78 Å². The van der Waals surface area contributed by atoms with Crippen molar-refractivity contribution in [1.29, 1.82) is 0 Å². The number of alkyl halides is 3. The van der Waals surface area contributed by atoms with E-state index in [2.05, 4.69) is 20.8 Å². The molecule has 3 fully saturated rings. The van der Waals surface area contributed by atoms with Gasteiger partial charge in [-0.3, -0.25) is 4.79 Å². The highest BCUT2D eigenvalue weighted by molar-refractivity contribution is 5.97. The van der Waals surface area contributed by atoms with E-state index in [0.29, 0.717) is 17.8 Å². The lowest BCUT2D eigenvalue weighted by molar-refractivity contribution is -0.142. The van der Waals surface area contributed by atoms with E-state index in [-0.39, 0.29) is 23.8 Å². The molecule has 30 heavy (non-hydrogen) atoms. The summed E-state index contributed by atoms with van der Waals surface area (Å²) in [5, 5.41) is 9.82. The number of hydrogen-bond acceptors (Lipinski definition) is 2. The van der Waals surface area contributed by atoms with Gasteiger partial charge in [0, 0.05) is 12.0 Å². The lowest BCUT2D eigenvalue weighted by atomic mass is 9.45. The number of carbonyl (C=O) groups excluding carboxylic acids is 1. The van der Waals surface area contributed by atoms with E-state index in [1.807, 2.05) is 13.8 Å². The fraction of sp³-hybridized carbons (Fsp3) is 0.800. The number of halogens is 3. The number of carbonyl (C=O) groups is 1. The second kappa shape index (κ2) is 8.02. The fourth-order valence-electron chi connectivity index (χ4n) is 7.14. The van der Waals surface area contributed by atoms with Gasteiger partial charge < -0.3 is 5.11 Å². The lowest BCUT2D eigenvalue weighted by Crippen LogP contribution is -2.53. The molecule has 0 heterocycles. The summed E-state index contributed by atoms with van der Waals surface area (Å²) in [5.41, 5.74) is 1.98. The van der Waals surface area contributed by atoms with Gasteiger partial charge in [0.2, 0.25) is 5.76 Å². The summed E-state index contributed by atoms with van der Waals surface area (Å²) in [4.78, 5) is 12.6. The Bertz CT molecular complexity index is 763. The van der Waals surface area contributed by atoms with Crippen LogP contribution in [0.5, 0.6) is 0 Å². The molecule has 4 aliphatic carbocycles. The molecular weight excluding hydrogens is 389 g/mol. The first-order chi connectivity index (χ1) is 14.0. The molecule has 2 nitrogen and oxygen atoms in total. The number of aliphatic hydroxyl groups excluding tert-OH is 1. The molecule has 0 aliphatic heterocycles. The van der Waals surface area contributed by atoms with Crippen LogP contribution in [0.15, 0.2) is 22.5 Å². The zero-order valence-corrected chi connectivity index (χ0v) is 19.1. The molecule has 5 unspecified atom stereocenters. The van der Waals surface area contributed by atoms with Gasteiger partial charge in [0.1, 0.15) is 0 Å². The summed E-state index contributed by atoms with van der Waals surface area (Å²) in [6, 6.07) is 0. The third-order valence-electron chi connectivity index (χ3n) is 9.00. The molecule has 1 N–H and O–H groups in total. The molecule has 5 atom stereocenters.